The van der Waals surface area contributed by atoms with Gasteiger partial charge in [0.2, 0.25) is 10.0 Å². The van der Waals surface area contributed by atoms with Crippen LogP contribution in [0.15, 0.2) is 29.2 Å². The molecule has 1 fully saturated rings. The van der Waals surface area contributed by atoms with E-state index in [0.717, 1.165) is 25.9 Å². The van der Waals surface area contributed by atoms with Gasteiger partial charge in [0, 0.05) is 10.6 Å². The van der Waals surface area contributed by atoms with E-state index in [-0.39, 0.29) is 10.4 Å². The van der Waals surface area contributed by atoms with E-state index >= 15 is 0 Å². The van der Waals surface area contributed by atoms with Crippen molar-refractivity contribution in [2.45, 2.75) is 30.2 Å². The van der Waals surface area contributed by atoms with Gasteiger partial charge in [0.1, 0.15) is 0 Å². The lowest BCUT2D eigenvalue weighted by atomic mass is 9.92. The summed E-state index contributed by atoms with van der Waals surface area (Å²) in [5, 5.41) is 3.75. The number of hydrogen-bond acceptors (Lipinski definition) is 3. The molecule has 0 spiro atoms. The zero-order valence-electron chi connectivity index (χ0n) is 10.2. The van der Waals surface area contributed by atoms with Crippen molar-refractivity contribution in [2.24, 2.45) is 0 Å². The highest BCUT2D eigenvalue weighted by Crippen LogP contribution is 2.21. The van der Waals surface area contributed by atoms with Gasteiger partial charge in [0.25, 0.3) is 0 Å². The van der Waals surface area contributed by atoms with Crippen LogP contribution in [0.4, 0.5) is 0 Å². The highest BCUT2D eigenvalue weighted by atomic mass is 35.5. The Morgan fingerprint density at radius 2 is 1.78 bits per heavy atom. The molecule has 1 aromatic rings. The maximum atomic E-state index is 12.2. The third kappa shape index (κ3) is 3.23. The molecule has 0 unspecified atom stereocenters. The Kier molecular flexibility index (Phi) is 3.96. The molecule has 0 atom stereocenters. The number of rotatable bonds is 3. The normalized spacial score (nSPS) is 19.7. The fourth-order valence-corrected chi connectivity index (χ4v) is 3.67. The topological polar surface area (TPSA) is 58.2 Å². The second kappa shape index (κ2) is 5.17. The van der Waals surface area contributed by atoms with Crippen LogP contribution in [0.2, 0.25) is 5.02 Å². The molecule has 0 radical (unpaired) electrons. The van der Waals surface area contributed by atoms with E-state index in [0.29, 0.717) is 5.02 Å². The fourth-order valence-electron chi connectivity index (χ4n) is 2.08. The quantitative estimate of drug-likeness (QED) is 0.891. The number of sulfonamides is 1. The minimum atomic E-state index is -3.47. The molecule has 0 amide bonds. The zero-order chi connectivity index (χ0) is 13.2. The van der Waals surface area contributed by atoms with E-state index in [9.17, 15) is 8.42 Å². The highest BCUT2D eigenvalue weighted by Gasteiger charge is 2.31. The zero-order valence-corrected chi connectivity index (χ0v) is 11.8. The van der Waals surface area contributed by atoms with E-state index in [1.54, 1.807) is 12.1 Å². The first kappa shape index (κ1) is 13.8. The van der Waals surface area contributed by atoms with Gasteiger partial charge in [-0.25, -0.2) is 13.1 Å². The Labute approximate surface area is 113 Å². The second-order valence-corrected chi connectivity index (χ2v) is 6.99. The number of piperidine rings is 1. The Balaban J connectivity index is 2.18. The van der Waals surface area contributed by atoms with Gasteiger partial charge >= 0.3 is 0 Å². The van der Waals surface area contributed by atoms with E-state index in [4.69, 9.17) is 11.6 Å². The summed E-state index contributed by atoms with van der Waals surface area (Å²) in [5.74, 6) is 0. The van der Waals surface area contributed by atoms with Gasteiger partial charge in [-0.2, -0.15) is 0 Å². The lowest BCUT2D eigenvalue weighted by Gasteiger charge is -2.34. The van der Waals surface area contributed by atoms with Gasteiger partial charge in [-0.3, -0.25) is 0 Å². The molecule has 100 valence electrons. The molecule has 0 bridgehead atoms. The molecule has 0 aliphatic carbocycles. The Morgan fingerprint density at radius 1 is 1.22 bits per heavy atom. The summed E-state index contributed by atoms with van der Waals surface area (Å²) in [6.45, 7) is 3.61. The Morgan fingerprint density at radius 3 is 2.33 bits per heavy atom. The summed E-state index contributed by atoms with van der Waals surface area (Å²) in [4.78, 5) is 0.256. The summed E-state index contributed by atoms with van der Waals surface area (Å²) in [6, 6.07) is 6.21. The minimum absolute atomic E-state index is 0.256. The first-order valence-corrected chi connectivity index (χ1v) is 7.78. The molecule has 1 aliphatic heterocycles. The number of halogens is 1. The van der Waals surface area contributed by atoms with E-state index in [1.807, 2.05) is 6.92 Å². The van der Waals surface area contributed by atoms with Gasteiger partial charge < -0.3 is 5.32 Å². The maximum Gasteiger partial charge on any atom is 0.241 e. The monoisotopic (exact) mass is 288 g/mol. The third-order valence-electron chi connectivity index (χ3n) is 3.21. The first-order valence-electron chi connectivity index (χ1n) is 5.92. The minimum Gasteiger partial charge on any atom is -0.317 e. The van der Waals surface area contributed by atoms with Crippen LogP contribution in [0.3, 0.4) is 0 Å². The predicted octanol–water partition coefficient (Wildman–Crippen LogP) is 1.76. The SMILES string of the molecule is CC1(NS(=O)(=O)c2ccc(Cl)cc2)CCNCC1. The van der Waals surface area contributed by atoms with E-state index in [2.05, 4.69) is 10.0 Å². The average molecular weight is 289 g/mol. The van der Waals surface area contributed by atoms with E-state index < -0.39 is 10.0 Å². The molecule has 18 heavy (non-hydrogen) atoms. The molecule has 1 heterocycles. The molecule has 6 heteroatoms. The maximum absolute atomic E-state index is 12.2. The summed E-state index contributed by atoms with van der Waals surface area (Å²) in [6.07, 6.45) is 1.58. The molecule has 1 aliphatic rings. The van der Waals surface area contributed by atoms with E-state index in [1.165, 1.54) is 12.1 Å². The molecule has 2 N–H and O–H groups in total. The molecule has 2 rings (SSSR count). The van der Waals surface area contributed by atoms with Crippen LogP contribution in [0.5, 0.6) is 0 Å². The molecular formula is C12H17ClN2O2S. The van der Waals surface area contributed by atoms with Crippen molar-refractivity contribution in [2.75, 3.05) is 13.1 Å². The highest BCUT2D eigenvalue weighted by molar-refractivity contribution is 7.89. The van der Waals surface area contributed by atoms with Crippen molar-refractivity contribution >= 4 is 21.6 Å². The fraction of sp³-hybridized carbons (Fsp3) is 0.500. The Bertz CT molecular complexity index is 507. The lowest BCUT2D eigenvalue weighted by molar-refractivity contribution is 0.308. The number of hydrogen-bond donors (Lipinski definition) is 2. The van der Waals surface area contributed by atoms with Gasteiger partial charge in [-0.1, -0.05) is 11.6 Å². The summed E-state index contributed by atoms with van der Waals surface area (Å²) >= 11 is 5.76. The molecule has 0 aromatic heterocycles. The van der Waals surface area contributed by atoms with Crippen molar-refractivity contribution in [3.63, 3.8) is 0 Å². The predicted molar refractivity (Wildman–Crippen MR) is 72.3 cm³/mol. The summed E-state index contributed by atoms with van der Waals surface area (Å²) in [5.41, 5.74) is -0.371. The Hall–Kier alpha value is -0.620. The smallest absolute Gasteiger partial charge is 0.241 e. The largest absolute Gasteiger partial charge is 0.317 e. The van der Waals surface area contributed by atoms with Crippen LogP contribution in [0.1, 0.15) is 19.8 Å². The standard InChI is InChI=1S/C12H17ClN2O2S/c1-12(6-8-14-9-7-12)15-18(16,17)11-4-2-10(13)3-5-11/h2-5,14-15H,6-9H2,1H3. The van der Waals surface area contributed by atoms with Crippen molar-refractivity contribution in [1.29, 1.82) is 0 Å². The molecule has 0 saturated carbocycles. The van der Waals surface area contributed by atoms with Gasteiger partial charge in [-0.15, -0.1) is 0 Å². The van der Waals surface area contributed by atoms with Crippen LogP contribution in [0.25, 0.3) is 0 Å². The van der Waals surface area contributed by atoms with Crippen molar-refractivity contribution in [3.8, 4) is 0 Å². The summed E-state index contributed by atoms with van der Waals surface area (Å²) in [7, 11) is -3.47. The average Bonchev–Trinajstić information content (AvgIpc) is 2.29. The van der Waals surface area contributed by atoms with Crippen LogP contribution in [-0.2, 0) is 10.0 Å². The third-order valence-corrected chi connectivity index (χ3v) is 5.12. The lowest BCUT2D eigenvalue weighted by Crippen LogP contribution is -2.52. The molecule has 1 aromatic carbocycles. The van der Waals surface area contributed by atoms with Crippen molar-refractivity contribution in [1.82, 2.24) is 10.0 Å². The van der Waals surface area contributed by atoms with Crippen molar-refractivity contribution < 1.29 is 8.42 Å². The van der Waals surface area contributed by atoms with Crippen LogP contribution < -0.4 is 10.0 Å². The van der Waals surface area contributed by atoms with Crippen LogP contribution >= 0.6 is 11.6 Å². The second-order valence-electron chi connectivity index (χ2n) is 4.87. The molecule has 4 nitrogen and oxygen atoms in total. The molecular weight excluding hydrogens is 272 g/mol. The van der Waals surface area contributed by atoms with Gasteiger partial charge in [-0.05, 0) is 57.1 Å². The van der Waals surface area contributed by atoms with Gasteiger partial charge in [0.05, 0.1) is 4.90 Å². The number of nitrogens with one attached hydrogen (secondary N) is 2. The van der Waals surface area contributed by atoms with Crippen LogP contribution in [0, 0.1) is 0 Å². The summed E-state index contributed by atoms with van der Waals surface area (Å²) < 4.78 is 27.3. The number of benzene rings is 1. The van der Waals surface area contributed by atoms with Crippen LogP contribution in [-0.4, -0.2) is 27.0 Å². The first-order chi connectivity index (χ1) is 8.41. The molecule has 1 saturated heterocycles. The van der Waals surface area contributed by atoms with Crippen molar-refractivity contribution in [3.05, 3.63) is 29.3 Å². The van der Waals surface area contributed by atoms with Gasteiger partial charge in [0.15, 0.2) is 0 Å².